The first-order valence-electron chi connectivity index (χ1n) is 7.29. The van der Waals surface area contributed by atoms with Crippen molar-refractivity contribution in [2.75, 3.05) is 5.32 Å². The van der Waals surface area contributed by atoms with Gasteiger partial charge < -0.3 is 10.1 Å². The minimum Gasteiger partial charge on any atom is -0.481 e. The van der Waals surface area contributed by atoms with E-state index in [-0.39, 0.29) is 5.91 Å². The highest BCUT2D eigenvalue weighted by Crippen LogP contribution is 2.20. The number of carbonyl (C=O) groups excluding carboxylic acids is 1. The second kappa shape index (κ2) is 7.45. The van der Waals surface area contributed by atoms with Gasteiger partial charge in [0.2, 0.25) is 0 Å². The molecule has 0 aromatic heterocycles. The summed E-state index contributed by atoms with van der Waals surface area (Å²) in [7, 11) is 0. The van der Waals surface area contributed by atoms with Crippen LogP contribution in [0.4, 0.5) is 5.69 Å². The summed E-state index contributed by atoms with van der Waals surface area (Å²) in [6.07, 6.45) is 0.0971. The maximum absolute atomic E-state index is 12.4. The highest BCUT2D eigenvalue weighted by atomic mass is 79.9. The second-order valence-electron chi connectivity index (χ2n) is 5.33. The summed E-state index contributed by atoms with van der Waals surface area (Å²) in [5.74, 6) is 0.597. The zero-order chi connectivity index (χ0) is 16.1. The first-order chi connectivity index (χ1) is 10.5. The largest absolute Gasteiger partial charge is 0.481 e. The fourth-order valence-corrected chi connectivity index (χ4v) is 2.51. The summed E-state index contributed by atoms with van der Waals surface area (Å²) in [6.45, 7) is 5.97. The van der Waals surface area contributed by atoms with Crippen molar-refractivity contribution in [1.82, 2.24) is 0 Å². The van der Waals surface area contributed by atoms with Gasteiger partial charge in [-0.2, -0.15) is 0 Å². The van der Waals surface area contributed by atoms with E-state index < -0.39 is 6.10 Å². The number of rotatable bonds is 5. The number of nitrogens with one attached hydrogen (secondary N) is 1. The Morgan fingerprint density at radius 3 is 2.27 bits per heavy atom. The van der Waals surface area contributed by atoms with E-state index in [0.29, 0.717) is 6.42 Å². The van der Waals surface area contributed by atoms with Crippen LogP contribution in [0.15, 0.2) is 46.9 Å². The molecular weight excluding hydrogens is 342 g/mol. The Morgan fingerprint density at radius 1 is 1.14 bits per heavy atom. The normalized spacial score (nSPS) is 11.8. The first-order valence-corrected chi connectivity index (χ1v) is 8.08. The molecule has 1 amide bonds. The third-order valence-electron chi connectivity index (χ3n) is 3.25. The lowest BCUT2D eigenvalue weighted by molar-refractivity contribution is -0.122. The van der Waals surface area contributed by atoms with Crippen molar-refractivity contribution in [2.24, 2.45) is 0 Å². The number of halogens is 1. The van der Waals surface area contributed by atoms with Crippen LogP contribution in [0.2, 0.25) is 0 Å². The molecule has 0 heterocycles. The Labute approximate surface area is 139 Å². The molecule has 0 saturated carbocycles. The summed E-state index contributed by atoms with van der Waals surface area (Å²) >= 11 is 3.37. The molecular formula is C18H20BrNO2. The van der Waals surface area contributed by atoms with Crippen LogP contribution in [0.25, 0.3) is 0 Å². The van der Waals surface area contributed by atoms with Crippen molar-refractivity contribution in [1.29, 1.82) is 0 Å². The van der Waals surface area contributed by atoms with Gasteiger partial charge >= 0.3 is 0 Å². The zero-order valence-corrected chi connectivity index (χ0v) is 14.6. The van der Waals surface area contributed by atoms with Crippen molar-refractivity contribution < 1.29 is 9.53 Å². The Hall–Kier alpha value is -1.81. The molecule has 0 spiro atoms. The minimum atomic E-state index is -0.509. The van der Waals surface area contributed by atoms with Gasteiger partial charge in [0.15, 0.2) is 6.10 Å². The molecule has 2 rings (SSSR count). The fraction of sp³-hybridized carbons (Fsp3) is 0.278. The highest BCUT2D eigenvalue weighted by molar-refractivity contribution is 9.10. The minimum absolute atomic E-state index is 0.135. The number of carbonyl (C=O) groups is 1. The number of ether oxygens (including phenoxy) is 1. The summed E-state index contributed by atoms with van der Waals surface area (Å²) in [6, 6.07) is 13.5. The lowest BCUT2D eigenvalue weighted by Crippen LogP contribution is -2.32. The predicted octanol–water partition coefficient (Wildman–Crippen LogP) is 4.86. The quantitative estimate of drug-likeness (QED) is 0.825. The van der Waals surface area contributed by atoms with Gasteiger partial charge in [-0.15, -0.1) is 0 Å². The maximum Gasteiger partial charge on any atom is 0.265 e. The lowest BCUT2D eigenvalue weighted by Gasteiger charge is -2.18. The van der Waals surface area contributed by atoms with E-state index in [1.165, 1.54) is 0 Å². The molecule has 0 bridgehead atoms. The molecule has 0 aliphatic heterocycles. The van der Waals surface area contributed by atoms with E-state index >= 15 is 0 Å². The van der Waals surface area contributed by atoms with Crippen molar-refractivity contribution in [3.63, 3.8) is 0 Å². The maximum atomic E-state index is 12.4. The highest BCUT2D eigenvalue weighted by Gasteiger charge is 2.18. The fourth-order valence-electron chi connectivity index (χ4n) is 2.24. The van der Waals surface area contributed by atoms with Crippen molar-refractivity contribution in [2.45, 2.75) is 33.3 Å². The first kappa shape index (κ1) is 16.6. The number of aryl methyl sites for hydroxylation is 2. The van der Waals surface area contributed by atoms with E-state index in [9.17, 15) is 4.79 Å². The molecule has 0 aliphatic rings. The van der Waals surface area contributed by atoms with Crippen LogP contribution >= 0.6 is 15.9 Å². The van der Waals surface area contributed by atoms with Gasteiger partial charge in [0.1, 0.15) is 5.75 Å². The number of amides is 1. The smallest absolute Gasteiger partial charge is 0.265 e. The lowest BCUT2D eigenvalue weighted by atomic mass is 10.1. The van der Waals surface area contributed by atoms with Crippen molar-refractivity contribution in [3.8, 4) is 5.75 Å². The molecule has 116 valence electrons. The third-order valence-corrected chi connectivity index (χ3v) is 3.78. The average Bonchev–Trinajstić information content (AvgIpc) is 2.46. The SMILES string of the molecule is CC[C@H](Oc1cc(C)cc(C)c1)C(=O)Nc1ccc(Br)cc1. The van der Waals surface area contributed by atoms with E-state index in [1.54, 1.807) is 0 Å². The van der Waals surface area contributed by atoms with E-state index in [1.807, 2.05) is 57.2 Å². The standard InChI is InChI=1S/C18H20BrNO2/c1-4-17(22-16-10-12(2)9-13(3)11-16)18(21)20-15-7-5-14(19)6-8-15/h5-11,17H,4H2,1-3H3,(H,20,21)/t17-/m0/s1. The molecule has 4 heteroatoms. The van der Waals surface area contributed by atoms with E-state index in [4.69, 9.17) is 4.74 Å². The van der Waals surface area contributed by atoms with Crippen LogP contribution < -0.4 is 10.1 Å². The number of hydrogen-bond acceptors (Lipinski definition) is 2. The Bertz CT molecular complexity index is 632. The van der Waals surface area contributed by atoms with Gasteiger partial charge in [0.25, 0.3) is 5.91 Å². The van der Waals surface area contributed by atoms with Gasteiger partial charge in [0, 0.05) is 10.2 Å². The number of anilines is 1. The van der Waals surface area contributed by atoms with Gasteiger partial charge in [0.05, 0.1) is 0 Å². The Kier molecular flexibility index (Phi) is 5.61. The third kappa shape index (κ3) is 4.60. The van der Waals surface area contributed by atoms with Gasteiger partial charge in [-0.25, -0.2) is 0 Å². The van der Waals surface area contributed by atoms with Gasteiger partial charge in [-0.05, 0) is 67.8 Å². The summed E-state index contributed by atoms with van der Waals surface area (Å²) in [5.41, 5.74) is 3.01. The molecule has 1 N–H and O–H groups in total. The van der Waals surface area contributed by atoms with Crippen LogP contribution in [0, 0.1) is 13.8 Å². The summed E-state index contributed by atoms with van der Waals surface area (Å²) < 4.78 is 6.84. The topological polar surface area (TPSA) is 38.3 Å². The second-order valence-corrected chi connectivity index (χ2v) is 6.25. The van der Waals surface area contributed by atoms with Crippen LogP contribution in [0.1, 0.15) is 24.5 Å². The Balaban J connectivity index is 2.06. The monoisotopic (exact) mass is 361 g/mol. The van der Waals surface area contributed by atoms with E-state index in [0.717, 1.165) is 27.0 Å². The number of benzene rings is 2. The summed E-state index contributed by atoms with van der Waals surface area (Å²) in [4.78, 5) is 12.4. The Morgan fingerprint density at radius 2 is 1.73 bits per heavy atom. The van der Waals surface area contributed by atoms with Crippen LogP contribution in [0.5, 0.6) is 5.75 Å². The molecule has 3 nitrogen and oxygen atoms in total. The van der Waals surface area contributed by atoms with Gasteiger partial charge in [-0.3, -0.25) is 4.79 Å². The van der Waals surface area contributed by atoms with Gasteiger partial charge in [-0.1, -0.05) is 28.9 Å². The summed E-state index contributed by atoms with van der Waals surface area (Å²) in [5, 5.41) is 2.88. The molecule has 0 unspecified atom stereocenters. The van der Waals surface area contributed by atoms with Crippen LogP contribution in [-0.4, -0.2) is 12.0 Å². The molecule has 1 atom stereocenters. The molecule has 2 aromatic carbocycles. The molecule has 0 fully saturated rings. The molecule has 22 heavy (non-hydrogen) atoms. The molecule has 2 aromatic rings. The molecule has 0 saturated heterocycles. The molecule has 0 aliphatic carbocycles. The predicted molar refractivity (Wildman–Crippen MR) is 93.4 cm³/mol. The van der Waals surface area contributed by atoms with Crippen LogP contribution in [-0.2, 0) is 4.79 Å². The molecule has 0 radical (unpaired) electrons. The van der Waals surface area contributed by atoms with Crippen LogP contribution in [0.3, 0.4) is 0 Å². The van der Waals surface area contributed by atoms with Crippen molar-refractivity contribution in [3.05, 3.63) is 58.1 Å². The van der Waals surface area contributed by atoms with Crippen molar-refractivity contribution >= 4 is 27.5 Å². The average molecular weight is 362 g/mol. The van der Waals surface area contributed by atoms with E-state index in [2.05, 4.69) is 27.3 Å². The zero-order valence-electron chi connectivity index (χ0n) is 13.0. The number of hydrogen-bond donors (Lipinski definition) is 1.